The van der Waals surface area contributed by atoms with Crippen molar-refractivity contribution in [3.8, 4) is 6.07 Å². The first kappa shape index (κ1) is 17.3. The van der Waals surface area contributed by atoms with Gasteiger partial charge in [-0.15, -0.1) is 0 Å². The van der Waals surface area contributed by atoms with E-state index in [0.717, 1.165) is 30.4 Å². The van der Waals surface area contributed by atoms with Crippen molar-refractivity contribution in [2.45, 2.75) is 33.1 Å². The van der Waals surface area contributed by atoms with Gasteiger partial charge >= 0.3 is 0 Å². The minimum atomic E-state index is 0.118. The summed E-state index contributed by atoms with van der Waals surface area (Å²) in [4.78, 5) is 8.32. The minimum absolute atomic E-state index is 0.118. The fourth-order valence-corrected chi connectivity index (χ4v) is 3.70. The van der Waals surface area contributed by atoms with Crippen molar-refractivity contribution in [1.29, 1.82) is 5.26 Å². The lowest BCUT2D eigenvalue weighted by molar-refractivity contribution is 0.315. The van der Waals surface area contributed by atoms with E-state index in [2.05, 4.69) is 35.2 Å². The molecular formula is C17H15Cl3N4. The Bertz CT molecular complexity index is 836. The van der Waals surface area contributed by atoms with Crippen LogP contribution in [0.2, 0.25) is 15.2 Å². The van der Waals surface area contributed by atoms with Crippen molar-refractivity contribution < 1.29 is 0 Å². The highest BCUT2D eigenvalue weighted by Crippen LogP contribution is 2.42. The Morgan fingerprint density at radius 3 is 2.46 bits per heavy atom. The first-order valence-electron chi connectivity index (χ1n) is 7.50. The van der Waals surface area contributed by atoms with Crippen molar-refractivity contribution in [3.05, 3.63) is 44.3 Å². The molecule has 0 saturated heterocycles. The number of hydrogen-bond donors (Lipinski definition) is 1. The molecular weight excluding hydrogens is 367 g/mol. The van der Waals surface area contributed by atoms with Crippen LogP contribution in [0.3, 0.4) is 0 Å². The molecule has 0 fully saturated rings. The summed E-state index contributed by atoms with van der Waals surface area (Å²) in [5.74, 6) is 0.597. The quantitative estimate of drug-likeness (QED) is 0.691. The Hall–Kier alpha value is -1.54. The van der Waals surface area contributed by atoms with Gasteiger partial charge < -0.3 is 5.32 Å². The molecule has 0 spiro atoms. The Kier molecular flexibility index (Phi) is 4.61. The van der Waals surface area contributed by atoms with Gasteiger partial charge in [-0.2, -0.15) is 5.26 Å². The Balaban J connectivity index is 2.14. The summed E-state index contributed by atoms with van der Waals surface area (Å²) in [6.07, 6.45) is 5.61. The summed E-state index contributed by atoms with van der Waals surface area (Å²) in [7, 11) is 0. The third-order valence-corrected chi connectivity index (χ3v) is 5.13. The fraction of sp³-hybridized carbons (Fsp3) is 0.353. The van der Waals surface area contributed by atoms with Gasteiger partial charge in [0.1, 0.15) is 17.0 Å². The number of halogens is 3. The smallest absolute Gasteiger partial charge is 0.149 e. The highest BCUT2D eigenvalue weighted by atomic mass is 35.5. The van der Waals surface area contributed by atoms with Gasteiger partial charge in [0.25, 0.3) is 0 Å². The number of aromatic nitrogens is 2. The predicted molar refractivity (Wildman–Crippen MR) is 97.3 cm³/mol. The number of hydrogen-bond acceptors (Lipinski definition) is 4. The first-order valence-corrected chi connectivity index (χ1v) is 8.63. The molecule has 4 nitrogen and oxygen atoms in total. The average molecular weight is 382 g/mol. The normalized spacial score (nSPS) is 15.5. The molecule has 0 amide bonds. The molecule has 2 heterocycles. The molecule has 1 aliphatic rings. The molecule has 3 rings (SSSR count). The Morgan fingerprint density at radius 1 is 1.17 bits per heavy atom. The van der Waals surface area contributed by atoms with Gasteiger partial charge in [-0.25, -0.2) is 4.98 Å². The maximum Gasteiger partial charge on any atom is 0.149 e. The maximum atomic E-state index is 9.47. The van der Waals surface area contributed by atoms with Gasteiger partial charge in [0.2, 0.25) is 0 Å². The molecule has 0 aromatic carbocycles. The zero-order valence-corrected chi connectivity index (χ0v) is 15.5. The van der Waals surface area contributed by atoms with Crippen molar-refractivity contribution in [3.63, 3.8) is 0 Å². The number of nitriles is 1. The van der Waals surface area contributed by atoms with E-state index in [-0.39, 0.29) is 10.6 Å². The lowest BCUT2D eigenvalue weighted by atomic mass is 9.73. The first-order chi connectivity index (χ1) is 11.3. The zero-order valence-electron chi connectivity index (χ0n) is 13.3. The van der Waals surface area contributed by atoms with E-state index in [9.17, 15) is 5.26 Å². The number of nitrogens with zero attached hydrogens (tertiary/aromatic N) is 3. The highest BCUT2D eigenvalue weighted by Gasteiger charge is 2.31. The van der Waals surface area contributed by atoms with Crippen LogP contribution in [-0.2, 0) is 12.8 Å². The molecule has 0 aliphatic heterocycles. The van der Waals surface area contributed by atoms with E-state index in [1.165, 1.54) is 12.4 Å². The molecule has 1 N–H and O–H groups in total. The van der Waals surface area contributed by atoms with E-state index in [1.807, 2.05) is 0 Å². The summed E-state index contributed by atoms with van der Waals surface area (Å²) in [6, 6.07) is 2.19. The van der Waals surface area contributed by atoms with Crippen LogP contribution >= 0.6 is 34.8 Å². The van der Waals surface area contributed by atoms with Crippen LogP contribution in [0.25, 0.3) is 0 Å². The lowest BCUT2D eigenvalue weighted by Gasteiger charge is -2.33. The Labute approximate surface area is 155 Å². The molecule has 2 aromatic rings. The van der Waals surface area contributed by atoms with Crippen LogP contribution in [0.5, 0.6) is 0 Å². The molecule has 0 unspecified atom stereocenters. The molecule has 0 saturated carbocycles. The molecule has 1 aliphatic carbocycles. The second kappa shape index (κ2) is 6.40. The highest BCUT2D eigenvalue weighted by molar-refractivity contribution is 6.39. The summed E-state index contributed by atoms with van der Waals surface area (Å²) < 4.78 is 0. The summed E-state index contributed by atoms with van der Waals surface area (Å²) in [5.41, 5.74) is 3.06. The van der Waals surface area contributed by atoms with E-state index in [4.69, 9.17) is 34.8 Å². The van der Waals surface area contributed by atoms with E-state index >= 15 is 0 Å². The molecule has 0 radical (unpaired) electrons. The largest absolute Gasteiger partial charge is 0.337 e. The van der Waals surface area contributed by atoms with E-state index < -0.39 is 0 Å². The van der Waals surface area contributed by atoms with Gasteiger partial charge in [-0.05, 0) is 35.8 Å². The van der Waals surface area contributed by atoms with Crippen LogP contribution < -0.4 is 5.32 Å². The maximum absolute atomic E-state index is 9.47. The third-order valence-electron chi connectivity index (χ3n) is 4.28. The topological polar surface area (TPSA) is 61.6 Å². The van der Waals surface area contributed by atoms with Crippen LogP contribution in [0, 0.1) is 16.7 Å². The van der Waals surface area contributed by atoms with Gasteiger partial charge in [0, 0.05) is 12.4 Å². The number of fused-ring (bicyclic) bond motifs is 1. The van der Waals surface area contributed by atoms with Crippen LogP contribution in [0.4, 0.5) is 11.5 Å². The standard InChI is InChI=1S/C17H15Cl3N4/c1-17(2)4-3-9-10(5-17)11(6-21)15(20)24-16(9)23-14-12(18)7-22-8-13(14)19/h7-8H,3-5H2,1-2H3,(H,22,23,24). The average Bonchev–Trinajstić information content (AvgIpc) is 2.50. The molecule has 124 valence electrons. The number of pyridine rings is 2. The Morgan fingerprint density at radius 2 is 1.83 bits per heavy atom. The van der Waals surface area contributed by atoms with E-state index in [0.29, 0.717) is 27.1 Å². The van der Waals surface area contributed by atoms with Gasteiger partial charge in [-0.1, -0.05) is 48.7 Å². The second-order valence-electron chi connectivity index (χ2n) is 6.64. The van der Waals surface area contributed by atoms with Crippen molar-refractivity contribution in [2.24, 2.45) is 5.41 Å². The van der Waals surface area contributed by atoms with Crippen molar-refractivity contribution >= 4 is 46.3 Å². The molecule has 0 atom stereocenters. The van der Waals surface area contributed by atoms with Gasteiger partial charge in [0.05, 0.1) is 21.3 Å². The molecule has 24 heavy (non-hydrogen) atoms. The van der Waals surface area contributed by atoms with Crippen LogP contribution in [-0.4, -0.2) is 9.97 Å². The molecule has 0 bridgehead atoms. The summed E-state index contributed by atoms with van der Waals surface area (Å²) >= 11 is 18.6. The molecule has 2 aromatic heterocycles. The lowest BCUT2D eigenvalue weighted by Crippen LogP contribution is -2.24. The summed E-state index contributed by atoms with van der Waals surface area (Å²) in [6.45, 7) is 4.38. The number of rotatable bonds is 2. The predicted octanol–water partition coefficient (Wildman–Crippen LogP) is 5.57. The van der Waals surface area contributed by atoms with Crippen molar-refractivity contribution in [2.75, 3.05) is 5.32 Å². The number of anilines is 2. The van der Waals surface area contributed by atoms with Crippen LogP contribution in [0.1, 0.15) is 37.0 Å². The summed E-state index contributed by atoms with van der Waals surface area (Å²) in [5, 5.41) is 13.6. The minimum Gasteiger partial charge on any atom is -0.337 e. The van der Waals surface area contributed by atoms with Crippen molar-refractivity contribution in [1.82, 2.24) is 9.97 Å². The number of nitrogens with one attached hydrogen (secondary N) is 1. The van der Waals surface area contributed by atoms with Crippen LogP contribution in [0.15, 0.2) is 12.4 Å². The van der Waals surface area contributed by atoms with Gasteiger partial charge in [0.15, 0.2) is 0 Å². The second-order valence-corrected chi connectivity index (χ2v) is 7.81. The SMILES string of the molecule is CC1(C)CCc2c(Nc3c(Cl)cncc3Cl)nc(Cl)c(C#N)c2C1. The fourth-order valence-electron chi connectivity index (χ4n) is 3.00. The van der Waals surface area contributed by atoms with Gasteiger partial charge in [-0.3, -0.25) is 4.98 Å². The van der Waals surface area contributed by atoms with E-state index in [1.54, 1.807) is 0 Å². The molecule has 7 heteroatoms. The third kappa shape index (κ3) is 3.17. The zero-order chi connectivity index (χ0) is 17.5. The monoisotopic (exact) mass is 380 g/mol.